The Balaban J connectivity index is -0.00000123. The van der Waals surface area contributed by atoms with Crippen molar-refractivity contribution in [3.8, 4) is 0 Å². The van der Waals surface area contributed by atoms with E-state index >= 15 is 0 Å². The van der Waals surface area contributed by atoms with Crippen LogP contribution in [0, 0.1) is 38.0 Å². The first-order valence-electron chi connectivity index (χ1n) is 19.7. The van der Waals surface area contributed by atoms with E-state index in [1.807, 2.05) is 47.9 Å². The molecule has 4 heterocycles. The van der Waals surface area contributed by atoms with Crippen molar-refractivity contribution < 1.29 is 208 Å². The molecule has 3 aliphatic rings. The third kappa shape index (κ3) is 18.5. The first-order valence-corrected chi connectivity index (χ1v) is 19.0. The van der Waals surface area contributed by atoms with Crippen LogP contribution in [0.2, 0.25) is 0 Å². The summed E-state index contributed by atoms with van der Waals surface area (Å²) in [5, 5.41) is 16.7. The second kappa shape index (κ2) is 32.9. The topological polar surface area (TPSA) is 147 Å². The van der Waals surface area contributed by atoms with E-state index in [0.29, 0.717) is 24.2 Å². The Hall–Kier alpha value is 2.19. The summed E-state index contributed by atoms with van der Waals surface area (Å²) in [6.45, 7) is 22.8. The van der Waals surface area contributed by atoms with Gasteiger partial charge in [0, 0.05) is 175 Å². The van der Waals surface area contributed by atoms with Gasteiger partial charge in [-0.15, -0.1) is 11.8 Å². The smallest absolute Gasteiger partial charge is 0.481 e. The number of pyridine rings is 1. The van der Waals surface area contributed by atoms with Gasteiger partial charge in [0.1, 0.15) is 30.1 Å². The zero-order valence-electron chi connectivity index (χ0n) is 38.9. The minimum atomic E-state index is -1.70. The molecule has 0 saturated carbocycles. The molecule has 12 atom stereocenters. The van der Waals surface area contributed by atoms with Crippen LogP contribution in [0.5, 0.6) is 0 Å². The van der Waals surface area contributed by atoms with E-state index in [9.17, 15) is 14.7 Å². The number of carbonyl (C=O) groups excluding carboxylic acids is 2. The fourth-order valence-electron chi connectivity index (χ4n) is 8.16. The van der Waals surface area contributed by atoms with E-state index in [-0.39, 0.29) is 209 Å². The Morgan fingerprint density at radius 1 is 1.10 bits per heavy atom. The summed E-state index contributed by atoms with van der Waals surface area (Å²) in [5.41, 5.74) is -0.297. The van der Waals surface area contributed by atoms with Gasteiger partial charge >= 0.3 is 21.1 Å². The molecule has 62 heavy (non-hydrogen) atoms. The monoisotopic (exact) mass is 1970 g/mol. The third-order valence-electron chi connectivity index (χ3n) is 11.5. The van der Waals surface area contributed by atoms with Gasteiger partial charge in [0.25, 0.3) is 0 Å². The molecule has 20 heteroatoms. The molecule has 0 spiro atoms. The fourth-order valence-corrected chi connectivity index (χ4v) is 8.16. The molecule has 0 aliphatic carbocycles. The van der Waals surface area contributed by atoms with Gasteiger partial charge in [0.2, 0.25) is 0 Å². The van der Waals surface area contributed by atoms with Crippen molar-refractivity contribution in [1.82, 2.24) is 9.88 Å². The second-order valence-corrected chi connectivity index (χ2v) is 16.0. The summed E-state index contributed by atoms with van der Waals surface area (Å²) in [4.78, 5) is 40.3. The molecule has 0 aromatic carbocycles. The zero-order valence-corrected chi connectivity index (χ0v) is 58.3. The van der Waals surface area contributed by atoms with Crippen LogP contribution in [0.4, 0.5) is 0 Å². The van der Waals surface area contributed by atoms with Crippen molar-refractivity contribution in [2.75, 3.05) is 34.4 Å². The predicted molar refractivity (Wildman–Crippen MR) is 209 cm³/mol. The number of likely N-dealkylation sites (N-methyl/N-ethyl adjacent to an activating group) is 1. The van der Waals surface area contributed by atoms with E-state index in [2.05, 4.69) is 35.9 Å². The summed E-state index contributed by atoms with van der Waals surface area (Å²) >= 11 is 0. The molecule has 1 aromatic heterocycles. The number of cyclic esters (lactones) is 1. The van der Waals surface area contributed by atoms with Crippen molar-refractivity contribution in [1.29, 1.82) is 0 Å². The molecule has 4 rings (SSSR count). The Morgan fingerprint density at radius 3 is 2.24 bits per heavy atom. The van der Waals surface area contributed by atoms with Crippen molar-refractivity contribution in [2.45, 2.75) is 135 Å². The number of fused-ring (bicyclic) bond motifs is 5. The molecule has 0 amide bonds. The van der Waals surface area contributed by atoms with Crippen LogP contribution >= 0.6 is 0 Å². The molecule has 2 bridgehead atoms. The van der Waals surface area contributed by atoms with Gasteiger partial charge in [-0.25, -0.2) is 14.2 Å². The maximum Gasteiger partial charge on any atom is 2.00 e. The van der Waals surface area contributed by atoms with Crippen molar-refractivity contribution in [3.05, 3.63) is 62.0 Å². The van der Waals surface area contributed by atoms with E-state index in [1.165, 1.54) is 6.92 Å². The predicted octanol–water partition coefficient (Wildman–Crippen LogP) is 5.31. The first-order chi connectivity index (χ1) is 26.3. The third-order valence-corrected chi connectivity index (χ3v) is 11.5. The SMILES string of the molecule is C=C1[C@H](C)C[C@@]2(C)OC/C(=N/OCc3ccc([CH2-])nc3)CO[C@H]([C@H]1C)[C@](C)(O)[C@@H](CC)OC(=O)[C-](C)C(=O)[C@H](C)[C@H]2O[C@@H]1O[C@H](C)C[C@H](N(C)C)[C@H]1OC.[3H][CH2-].[W+2].[W].[W].[W].[W].[W].[Y]. The molecular weight excluding hydrogens is 1900 g/mol. The molecule has 3 fully saturated rings. The number of aromatic nitrogens is 1. The average Bonchev–Trinajstić information content (AvgIpc) is 3.18. The van der Waals surface area contributed by atoms with E-state index in [0.717, 1.165) is 11.1 Å². The van der Waals surface area contributed by atoms with Crippen LogP contribution < -0.4 is 0 Å². The average molecular weight is 1970 g/mol. The van der Waals surface area contributed by atoms with Gasteiger partial charge in [-0.1, -0.05) is 45.0 Å². The fraction of sp³-hybridized carbons (Fsp3) is 0.690. The first kappa shape index (κ1) is 70.8. The molecule has 3 aliphatic heterocycles. The number of ketones is 1. The molecular formula is C42H66N3O10W6Y-. The number of esters is 1. The Labute approximate surface area is 484 Å². The van der Waals surface area contributed by atoms with E-state index in [1.54, 1.807) is 40.1 Å². The maximum atomic E-state index is 14.4. The Kier molecular flexibility index (Phi) is 37.5. The van der Waals surface area contributed by atoms with Crippen LogP contribution in [-0.2, 0) is 209 Å². The zero-order chi connectivity index (χ0) is 42.1. The number of hydrogen-bond donors (Lipinski definition) is 1. The largest absolute Gasteiger partial charge is 2.00 e. The minimum Gasteiger partial charge on any atom is -0.481 e. The van der Waals surface area contributed by atoms with Gasteiger partial charge in [0.05, 0.1) is 37.1 Å². The molecule has 0 unspecified atom stereocenters. The summed E-state index contributed by atoms with van der Waals surface area (Å²) < 4.78 is 44.3. The normalized spacial score (nSPS) is 33.6. The molecule has 1 radical (unpaired) electrons. The Bertz CT molecular complexity index is 1510. The van der Waals surface area contributed by atoms with Gasteiger partial charge < -0.3 is 55.5 Å². The van der Waals surface area contributed by atoms with Crippen molar-refractivity contribution in [3.63, 3.8) is 0 Å². The summed E-state index contributed by atoms with van der Waals surface area (Å²) in [7, 11) is 8.09. The van der Waals surface area contributed by atoms with Gasteiger partial charge in [-0.3, -0.25) is 9.78 Å². The van der Waals surface area contributed by atoms with Crippen LogP contribution in [-0.4, -0.2) is 121 Å². The molecule has 1 N–H and O–H groups in total. The number of hydrogen-bond acceptors (Lipinski definition) is 13. The Morgan fingerprint density at radius 2 is 1.71 bits per heavy atom. The summed E-state index contributed by atoms with van der Waals surface area (Å²) in [6, 6.07) is 3.60. The quantitative estimate of drug-likeness (QED) is 0.156. The number of methoxy groups -OCH3 is 1. The van der Waals surface area contributed by atoms with Crippen LogP contribution in [0.25, 0.3) is 0 Å². The van der Waals surface area contributed by atoms with Gasteiger partial charge in [-0.05, 0) is 65.6 Å². The summed E-state index contributed by atoms with van der Waals surface area (Å²) in [6.07, 6.45) is -1.46. The molecule has 13 nitrogen and oxygen atoms in total. The minimum absolute atomic E-state index is 0. The number of carbonyl (C=O) groups is 2. The standard InChI is InChI=1S/C41H63N3O10.CH3.6W.Y/c1-14-33-41(10,47)37-27(6)26(5)23(2)18-40(9,50-22-31(21-49-37)43-51-20-30-16-15-24(3)42-19-30)36(28(7)34(45)29(8)38(46)53-33)54-39-35(48-13)32(44(11)12)17-25(4)52-39;;;;;;;;/h15-16,19,23,25,27-28,32-33,35-37,39,47H,3,5,14,17-18,20-22H2,1-2,4,6-13H3;1H3;;;;;;;/q-2;-1;;;;;;+2;/b43-31+;;;;;;;;/t23-,25-,27+,28+,32+,33-,35-,36-,37-,39+,40-,41-;;;;;;;;/m1......../s1/i;1T;;;;;;;. The molecule has 3 saturated heterocycles. The maximum absolute atomic E-state index is 14.4. The number of Topliss-reactive ketones (excluding diaryl/α,β-unsaturated/α-hetero) is 1. The molecule has 1 aromatic rings. The van der Waals surface area contributed by atoms with Crippen LogP contribution in [0.1, 0.15) is 87.3 Å². The van der Waals surface area contributed by atoms with Crippen molar-refractivity contribution >= 4 is 17.5 Å². The van der Waals surface area contributed by atoms with E-state index < -0.39 is 65.5 Å². The number of nitrogens with zero attached hydrogens (tertiary/aromatic N) is 3. The summed E-state index contributed by atoms with van der Waals surface area (Å²) in [5.74, 6) is -2.98. The van der Waals surface area contributed by atoms with E-state index in [4.69, 9.17) is 34.6 Å². The van der Waals surface area contributed by atoms with Crippen LogP contribution in [0.15, 0.2) is 35.6 Å². The van der Waals surface area contributed by atoms with Crippen molar-refractivity contribution in [2.24, 2.45) is 22.9 Å². The number of aliphatic hydroxyl groups is 1. The van der Waals surface area contributed by atoms with Gasteiger partial charge in [-0.2, -0.15) is 13.0 Å². The number of ether oxygens (including phenoxy) is 6. The second-order valence-electron chi connectivity index (χ2n) is 16.0. The van der Waals surface area contributed by atoms with Crippen LogP contribution in [0.3, 0.4) is 0 Å². The van der Waals surface area contributed by atoms with Gasteiger partial charge in [0.15, 0.2) is 12.3 Å². The number of oxime groups is 1. The molecule has 349 valence electrons. The number of rotatable bonds is 8.